The fourth-order valence-corrected chi connectivity index (χ4v) is 2.33. The van der Waals surface area contributed by atoms with Crippen molar-refractivity contribution in [1.82, 2.24) is 0 Å². The van der Waals surface area contributed by atoms with Gasteiger partial charge in [-0.1, -0.05) is 36.4 Å². The summed E-state index contributed by atoms with van der Waals surface area (Å²) in [5.74, 6) is -1.36. The third-order valence-electron chi connectivity index (χ3n) is 3.48. The van der Waals surface area contributed by atoms with Crippen molar-refractivity contribution in [2.45, 2.75) is 0 Å². The first kappa shape index (κ1) is 14.8. The van der Waals surface area contributed by atoms with E-state index in [4.69, 9.17) is 0 Å². The van der Waals surface area contributed by atoms with Crippen LogP contribution in [0.5, 0.6) is 0 Å². The zero-order chi connectivity index (χ0) is 16.2. The van der Waals surface area contributed by atoms with Gasteiger partial charge >= 0.3 is 5.97 Å². The maximum absolute atomic E-state index is 13.0. The van der Waals surface area contributed by atoms with E-state index in [0.717, 1.165) is 11.1 Å². The summed E-state index contributed by atoms with van der Waals surface area (Å²) < 4.78 is 13.0. The van der Waals surface area contributed by atoms with Crippen molar-refractivity contribution in [2.75, 3.05) is 5.32 Å². The molecule has 0 radical (unpaired) electrons. The van der Waals surface area contributed by atoms with Gasteiger partial charge in [-0.2, -0.15) is 0 Å². The second kappa shape index (κ2) is 6.32. The van der Waals surface area contributed by atoms with E-state index in [1.807, 2.05) is 30.3 Å². The summed E-state index contributed by atoms with van der Waals surface area (Å²) in [5.41, 5.74) is 3.14. The Morgan fingerprint density at radius 2 is 1.57 bits per heavy atom. The number of hydrogen-bond donors (Lipinski definition) is 2. The van der Waals surface area contributed by atoms with Gasteiger partial charge in [0.2, 0.25) is 0 Å². The van der Waals surface area contributed by atoms with E-state index >= 15 is 0 Å². The molecule has 0 spiro atoms. The van der Waals surface area contributed by atoms with Crippen molar-refractivity contribution in [2.24, 2.45) is 0 Å². The zero-order valence-electron chi connectivity index (χ0n) is 12.2. The lowest BCUT2D eigenvalue weighted by Crippen LogP contribution is -2.03. The predicted octanol–water partition coefficient (Wildman–Crippen LogP) is 4.93. The first-order chi connectivity index (χ1) is 11.1. The molecule has 3 rings (SSSR count). The second-order valence-corrected chi connectivity index (χ2v) is 5.06. The first-order valence-corrected chi connectivity index (χ1v) is 7.09. The molecule has 2 N–H and O–H groups in total. The van der Waals surface area contributed by atoms with E-state index in [1.54, 1.807) is 30.3 Å². The molecule has 0 saturated carbocycles. The number of aromatic carboxylic acids is 1. The minimum absolute atomic E-state index is 0.161. The van der Waals surface area contributed by atoms with Crippen molar-refractivity contribution in [1.29, 1.82) is 0 Å². The molecule has 0 aliphatic carbocycles. The van der Waals surface area contributed by atoms with Gasteiger partial charge in [0.25, 0.3) is 0 Å². The molecule has 0 aliphatic heterocycles. The maximum atomic E-state index is 13.0. The van der Waals surface area contributed by atoms with Crippen LogP contribution in [-0.2, 0) is 0 Å². The van der Waals surface area contributed by atoms with Crippen LogP contribution in [0, 0.1) is 5.82 Å². The number of carbonyl (C=O) groups is 1. The number of carboxylic acids is 1. The van der Waals surface area contributed by atoms with Crippen molar-refractivity contribution < 1.29 is 14.3 Å². The van der Waals surface area contributed by atoms with Crippen LogP contribution in [0.1, 0.15) is 10.4 Å². The Balaban J connectivity index is 2.01. The Morgan fingerprint density at radius 1 is 0.870 bits per heavy atom. The fraction of sp³-hybridized carbons (Fsp3) is 0. The van der Waals surface area contributed by atoms with Crippen molar-refractivity contribution >= 4 is 17.3 Å². The molecular weight excluding hydrogens is 293 g/mol. The van der Waals surface area contributed by atoms with Gasteiger partial charge in [-0.3, -0.25) is 0 Å². The number of rotatable bonds is 4. The van der Waals surface area contributed by atoms with Crippen LogP contribution in [0.3, 0.4) is 0 Å². The monoisotopic (exact) mass is 307 g/mol. The van der Waals surface area contributed by atoms with Crippen LogP contribution < -0.4 is 5.32 Å². The highest BCUT2D eigenvalue weighted by molar-refractivity contribution is 5.96. The molecule has 114 valence electrons. The maximum Gasteiger partial charge on any atom is 0.337 e. The number of benzene rings is 3. The fourth-order valence-electron chi connectivity index (χ4n) is 2.33. The summed E-state index contributed by atoms with van der Waals surface area (Å²) in [6.07, 6.45) is 0. The summed E-state index contributed by atoms with van der Waals surface area (Å²) in [4.78, 5) is 11.4. The van der Waals surface area contributed by atoms with Crippen molar-refractivity contribution in [3.63, 3.8) is 0 Å². The van der Waals surface area contributed by atoms with Gasteiger partial charge in [0, 0.05) is 5.69 Å². The number of carboxylic acid groups (broad SMARTS) is 1. The summed E-state index contributed by atoms with van der Waals surface area (Å²) in [7, 11) is 0. The Morgan fingerprint density at radius 3 is 2.22 bits per heavy atom. The number of halogens is 1. The molecule has 0 aromatic heterocycles. The summed E-state index contributed by atoms with van der Waals surface area (Å²) in [6.45, 7) is 0. The lowest BCUT2D eigenvalue weighted by atomic mass is 10.0. The Kier molecular flexibility index (Phi) is 4.06. The second-order valence-electron chi connectivity index (χ2n) is 5.06. The molecule has 0 heterocycles. The van der Waals surface area contributed by atoms with Crippen LogP contribution in [0.25, 0.3) is 11.1 Å². The quantitative estimate of drug-likeness (QED) is 0.718. The van der Waals surface area contributed by atoms with Crippen LogP contribution >= 0.6 is 0 Å². The Bertz CT molecular complexity index is 830. The molecule has 0 bridgehead atoms. The minimum atomic E-state index is -1.02. The number of nitrogens with one attached hydrogen (secondary N) is 1. The molecular formula is C19H14FNO2. The van der Waals surface area contributed by atoms with Crippen molar-refractivity contribution in [3.05, 3.63) is 84.2 Å². The lowest BCUT2D eigenvalue weighted by molar-refractivity contribution is 0.0698. The average Bonchev–Trinajstić information content (AvgIpc) is 2.57. The molecule has 0 saturated heterocycles. The van der Waals surface area contributed by atoms with Gasteiger partial charge in [-0.05, 0) is 47.5 Å². The Hall–Kier alpha value is -3.14. The molecule has 0 aliphatic rings. The first-order valence-electron chi connectivity index (χ1n) is 7.09. The van der Waals surface area contributed by atoms with E-state index in [-0.39, 0.29) is 11.4 Å². The summed E-state index contributed by atoms with van der Waals surface area (Å²) in [5, 5.41) is 12.4. The highest BCUT2D eigenvalue weighted by Crippen LogP contribution is 2.28. The highest BCUT2D eigenvalue weighted by atomic mass is 19.1. The standard InChI is InChI=1S/C19H14FNO2/c20-15-7-9-16(10-8-15)21-18-12-14(6-11-17(18)19(22)23)13-4-2-1-3-5-13/h1-12,21H,(H,22,23). The average molecular weight is 307 g/mol. The zero-order valence-corrected chi connectivity index (χ0v) is 12.2. The van der Waals surface area contributed by atoms with Gasteiger partial charge in [-0.25, -0.2) is 9.18 Å². The summed E-state index contributed by atoms with van der Waals surface area (Å²) >= 11 is 0. The molecule has 3 aromatic rings. The third-order valence-corrected chi connectivity index (χ3v) is 3.48. The molecule has 0 amide bonds. The van der Waals surface area contributed by atoms with E-state index < -0.39 is 5.97 Å². The smallest absolute Gasteiger partial charge is 0.337 e. The molecule has 0 unspecified atom stereocenters. The van der Waals surface area contributed by atoms with Crippen LogP contribution in [0.2, 0.25) is 0 Å². The van der Waals surface area contributed by atoms with Gasteiger partial charge in [-0.15, -0.1) is 0 Å². The van der Waals surface area contributed by atoms with Gasteiger partial charge in [0.15, 0.2) is 0 Å². The molecule has 23 heavy (non-hydrogen) atoms. The Labute approximate surface area is 133 Å². The molecule has 4 heteroatoms. The largest absolute Gasteiger partial charge is 0.478 e. The highest BCUT2D eigenvalue weighted by Gasteiger charge is 2.12. The van der Waals surface area contributed by atoms with E-state index in [1.165, 1.54) is 12.1 Å². The summed E-state index contributed by atoms with van der Waals surface area (Å²) in [6, 6.07) is 20.6. The molecule has 0 atom stereocenters. The van der Waals surface area contributed by atoms with Gasteiger partial charge < -0.3 is 10.4 Å². The van der Waals surface area contributed by atoms with Crippen molar-refractivity contribution in [3.8, 4) is 11.1 Å². The minimum Gasteiger partial charge on any atom is -0.478 e. The molecule has 3 nitrogen and oxygen atoms in total. The number of anilines is 2. The number of hydrogen-bond acceptors (Lipinski definition) is 2. The topological polar surface area (TPSA) is 49.3 Å². The normalized spacial score (nSPS) is 10.3. The van der Waals surface area contributed by atoms with E-state index in [2.05, 4.69) is 5.32 Å². The van der Waals surface area contributed by atoms with E-state index in [9.17, 15) is 14.3 Å². The van der Waals surface area contributed by atoms with Crippen LogP contribution in [0.15, 0.2) is 72.8 Å². The van der Waals surface area contributed by atoms with Crippen LogP contribution in [-0.4, -0.2) is 11.1 Å². The van der Waals surface area contributed by atoms with Gasteiger partial charge in [0.1, 0.15) is 5.82 Å². The third kappa shape index (κ3) is 3.37. The molecule has 3 aromatic carbocycles. The lowest BCUT2D eigenvalue weighted by Gasteiger charge is -2.12. The SMILES string of the molecule is O=C(O)c1ccc(-c2ccccc2)cc1Nc1ccc(F)cc1. The van der Waals surface area contributed by atoms with Gasteiger partial charge in [0.05, 0.1) is 11.3 Å². The predicted molar refractivity (Wildman–Crippen MR) is 88.5 cm³/mol. The molecule has 0 fully saturated rings. The van der Waals surface area contributed by atoms with E-state index in [0.29, 0.717) is 11.4 Å². The van der Waals surface area contributed by atoms with Crippen LogP contribution in [0.4, 0.5) is 15.8 Å².